The average Bonchev–Trinajstić information content (AvgIpc) is 2.60. The van der Waals surface area contributed by atoms with Crippen LogP contribution < -0.4 is 4.74 Å². The fourth-order valence-corrected chi connectivity index (χ4v) is 3.21. The van der Waals surface area contributed by atoms with E-state index in [0.717, 1.165) is 12.2 Å². The molecule has 1 saturated heterocycles. The quantitative estimate of drug-likeness (QED) is 0.833. The first kappa shape index (κ1) is 10.8. The Kier molecular flexibility index (Phi) is 2.89. The number of hydrogen-bond acceptors (Lipinski definition) is 4. The normalized spacial score (nSPS) is 30.5. The predicted molar refractivity (Wildman–Crippen MR) is 61.2 cm³/mol. The van der Waals surface area contributed by atoms with Gasteiger partial charge in [-0.15, -0.1) is 0 Å². The first-order valence-corrected chi connectivity index (χ1v) is 6.07. The minimum atomic E-state index is -0.836. The third-order valence-corrected chi connectivity index (χ3v) is 4.25. The van der Waals surface area contributed by atoms with Gasteiger partial charge in [-0.3, -0.25) is 4.98 Å². The zero-order valence-electron chi connectivity index (χ0n) is 8.93. The molecule has 82 valence electrons. The number of nitrogens with zero attached hydrogens (tertiary/aromatic N) is 1. The molecule has 2 rings (SSSR count). The summed E-state index contributed by atoms with van der Waals surface area (Å²) in [5.74, 6) is 1.64. The van der Waals surface area contributed by atoms with Crippen molar-refractivity contribution in [3.63, 3.8) is 0 Å². The molecule has 0 spiro atoms. The number of hydrogen-bond donors (Lipinski definition) is 1. The summed E-state index contributed by atoms with van der Waals surface area (Å²) in [6.07, 6.45) is 2.44. The Morgan fingerprint density at radius 1 is 1.67 bits per heavy atom. The van der Waals surface area contributed by atoms with Crippen LogP contribution in [0.15, 0.2) is 18.3 Å². The highest BCUT2D eigenvalue weighted by Crippen LogP contribution is 2.44. The van der Waals surface area contributed by atoms with Crippen molar-refractivity contribution in [2.75, 3.05) is 12.9 Å². The van der Waals surface area contributed by atoms with E-state index in [-0.39, 0.29) is 5.25 Å². The van der Waals surface area contributed by atoms with E-state index in [2.05, 4.69) is 4.98 Å². The minimum Gasteiger partial charge on any atom is -0.495 e. The summed E-state index contributed by atoms with van der Waals surface area (Å²) in [6.45, 7) is 2.03. The number of pyridine rings is 1. The van der Waals surface area contributed by atoms with Crippen LogP contribution in [0.5, 0.6) is 5.75 Å². The summed E-state index contributed by atoms with van der Waals surface area (Å²) in [5.41, 5.74) is -0.165. The monoisotopic (exact) mass is 225 g/mol. The molecular weight excluding hydrogens is 210 g/mol. The smallest absolute Gasteiger partial charge is 0.143 e. The summed E-state index contributed by atoms with van der Waals surface area (Å²) in [6, 6.07) is 3.66. The second kappa shape index (κ2) is 4.02. The van der Waals surface area contributed by atoms with Crippen molar-refractivity contribution in [3.05, 3.63) is 24.0 Å². The van der Waals surface area contributed by atoms with E-state index in [1.807, 2.05) is 19.1 Å². The van der Waals surface area contributed by atoms with Crippen LogP contribution in [0.1, 0.15) is 19.0 Å². The molecule has 2 atom stereocenters. The predicted octanol–water partition coefficient (Wildman–Crippen LogP) is 1.80. The summed E-state index contributed by atoms with van der Waals surface area (Å²) in [5, 5.41) is 10.7. The van der Waals surface area contributed by atoms with Gasteiger partial charge in [0.15, 0.2) is 0 Å². The second-order valence-electron chi connectivity index (χ2n) is 3.74. The van der Waals surface area contributed by atoms with Crippen LogP contribution in [0.3, 0.4) is 0 Å². The lowest BCUT2D eigenvalue weighted by Gasteiger charge is -2.27. The van der Waals surface area contributed by atoms with Crippen molar-refractivity contribution in [2.24, 2.45) is 0 Å². The second-order valence-corrected chi connectivity index (χ2v) is 5.19. The molecule has 0 aromatic carbocycles. The molecule has 1 aliphatic rings. The molecular formula is C11H15NO2S. The van der Waals surface area contributed by atoms with Crippen molar-refractivity contribution in [3.8, 4) is 5.75 Å². The lowest BCUT2D eigenvalue weighted by atomic mass is 9.92. The molecule has 2 unspecified atom stereocenters. The fourth-order valence-electron chi connectivity index (χ4n) is 1.92. The van der Waals surface area contributed by atoms with Crippen molar-refractivity contribution in [1.82, 2.24) is 4.98 Å². The number of thioether (sulfide) groups is 1. The van der Waals surface area contributed by atoms with Crippen LogP contribution in [0.2, 0.25) is 0 Å². The van der Waals surface area contributed by atoms with E-state index < -0.39 is 5.60 Å². The lowest BCUT2D eigenvalue weighted by molar-refractivity contribution is 0.0356. The standard InChI is InChI=1S/C11H15NO2S/c1-8-11(13,5-7-15-8)10-9(14-2)4-3-6-12-10/h3-4,6,8,13H,5,7H2,1-2H3. The van der Waals surface area contributed by atoms with Gasteiger partial charge in [-0.2, -0.15) is 11.8 Å². The summed E-state index contributed by atoms with van der Waals surface area (Å²) < 4.78 is 5.24. The Bertz CT molecular complexity index is 358. The molecule has 1 aliphatic heterocycles. The molecule has 4 heteroatoms. The van der Waals surface area contributed by atoms with E-state index in [1.165, 1.54) is 0 Å². The van der Waals surface area contributed by atoms with Crippen LogP contribution in [-0.2, 0) is 5.60 Å². The maximum atomic E-state index is 10.6. The van der Waals surface area contributed by atoms with Crippen LogP contribution in [-0.4, -0.2) is 28.2 Å². The largest absolute Gasteiger partial charge is 0.495 e. The Hall–Kier alpha value is -0.740. The van der Waals surface area contributed by atoms with Gasteiger partial charge in [0.2, 0.25) is 0 Å². The highest BCUT2D eigenvalue weighted by Gasteiger charge is 2.43. The van der Waals surface area contributed by atoms with Gasteiger partial charge in [-0.25, -0.2) is 0 Å². The van der Waals surface area contributed by atoms with E-state index in [0.29, 0.717) is 11.4 Å². The van der Waals surface area contributed by atoms with Gasteiger partial charge in [-0.1, -0.05) is 6.92 Å². The maximum absolute atomic E-state index is 10.6. The Morgan fingerprint density at radius 3 is 3.07 bits per heavy atom. The maximum Gasteiger partial charge on any atom is 0.143 e. The molecule has 15 heavy (non-hydrogen) atoms. The van der Waals surface area contributed by atoms with Crippen molar-refractivity contribution >= 4 is 11.8 Å². The number of aliphatic hydroxyl groups is 1. The fraction of sp³-hybridized carbons (Fsp3) is 0.545. The molecule has 1 fully saturated rings. The van der Waals surface area contributed by atoms with Gasteiger partial charge in [0.25, 0.3) is 0 Å². The zero-order valence-corrected chi connectivity index (χ0v) is 9.75. The molecule has 1 aromatic heterocycles. The lowest BCUT2D eigenvalue weighted by Crippen LogP contribution is -2.32. The van der Waals surface area contributed by atoms with Crippen LogP contribution in [0, 0.1) is 0 Å². The van der Waals surface area contributed by atoms with Crippen molar-refractivity contribution < 1.29 is 9.84 Å². The van der Waals surface area contributed by atoms with Gasteiger partial charge in [0.05, 0.1) is 7.11 Å². The van der Waals surface area contributed by atoms with Gasteiger partial charge in [0, 0.05) is 11.4 Å². The Morgan fingerprint density at radius 2 is 2.47 bits per heavy atom. The molecule has 1 N–H and O–H groups in total. The number of aromatic nitrogens is 1. The first-order chi connectivity index (χ1) is 7.18. The third kappa shape index (κ3) is 1.72. The summed E-state index contributed by atoms with van der Waals surface area (Å²) in [7, 11) is 1.61. The highest BCUT2D eigenvalue weighted by atomic mass is 32.2. The van der Waals surface area contributed by atoms with E-state index in [1.54, 1.807) is 25.1 Å². The van der Waals surface area contributed by atoms with Gasteiger partial charge in [-0.05, 0) is 24.3 Å². The topological polar surface area (TPSA) is 42.4 Å². The summed E-state index contributed by atoms with van der Waals surface area (Å²) in [4.78, 5) is 4.27. The first-order valence-electron chi connectivity index (χ1n) is 5.02. The van der Waals surface area contributed by atoms with Crippen molar-refractivity contribution in [2.45, 2.75) is 24.2 Å². The van der Waals surface area contributed by atoms with Gasteiger partial charge in [0.1, 0.15) is 17.0 Å². The SMILES string of the molecule is COc1cccnc1C1(O)CCSC1C. The van der Waals surface area contributed by atoms with Crippen LogP contribution in [0.25, 0.3) is 0 Å². The number of ether oxygens (including phenoxy) is 1. The number of rotatable bonds is 2. The van der Waals surface area contributed by atoms with E-state index in [9.17, 15) is 5.11 Å². The number of methoxy groups -OCH3 is 1. The van der Waals surface area contributed by atoms with Crippen LogP contribution in [0.4, 0.5) is 0 Å². The van der Waals surface area contributed by atoms with E-state index in [4.69, 9.17) is 4.74 Å². The molecule has 0 aliphatic carbocycles. The summed E-state index contributed by atoms with van der Waals surface area (Å²) >= 11 is 1.77. The molecule has 3 nitrogen and oxygen atoms in total. The van der Waals surface area contributed by atoms with Crippen LogP contribution >= 0.6 is 11.8 Å². The average molecular weight is 225 g/mol. The van der Waals surface area contributed by atoms with Gasteiger partial charge >= 0.3 is 0 Å². The molecule has 2 heterocycles. The molecule has 1 aromatic rings. The van der Waals surface area contributed by atoms with Crippen molar-refractivity contribution in [1.29, 1.82) is 0 Å². The van der Waals surface area contributed by atoms with E-state index >= 15 is 0 Å². The highest BCUT2D eigenvalue weighted by molar-refractivity contribution is 8.00. The third-order valence-electron chi connectivity index (χ3n) is 2.92. The molecule has 0 radical (unpaired) electrons. The molecule has 0 saturated carbocycles. The molecule has 0 amide bonds. The Labute approximate surface area is 93.9 Å². The van der Waals surface area contributed by atoms with Gasteiger partial charge < -0.3 is 9.84 Å². The zero-order chi connectivity index (χ0) is 10.9. The molecule has 0 bridgehead atoms. The minimum absolute atomic E-state index is 0.168. The Balaban J connectivity index is 2.43.